The Morgan fingerprint density at radius 3 is 2.55 bits per heavy atom. The van der Waals surface area contributed by atoms with E-state index in [4.69, 9.17) is 11.6 Å². The zero-order valence-corrected chi connectivity index (χ0v) is 12.1. The molecular weight excluding hydrogens is 280 g/mol. The lowest BCUT2D eigenvalue weighted by Gasteiger charge is -2.19. The lowest BCUT2D eigenvalue weighted by Crippen LogP contribution is -2.20. The van der Waals surface area contributed by atoms with Gasteiger partial charge in [0.2, 0.25) is 0 Å². The Bertz CT molecular complexity index is 613. The molecule has 1 nitrogen and oxygen atoms in total. The maximum Gasteiger partial charge on any atom is 0.129 e. The number of likely N-dealkylation sites (N-methyl/N-ethyl adjacent to an activating group) is 1. The van der Waals surface area contributed by atoms with Gasteiger partial charge in [-0.1, -0.05) is 23.7 Å². The largest absolute Gasteiger partial charge is 0.313 e. The van der Waals surface area contributed by atoms with Crippen LogP contribution in [0.3, 0.4) is 0 Å². The van der Waals surface area contributed by atoms with Crippen LogP contribution in [0.1, 0.15) is 22.7 Å². The highest BCUT2D eigenvalue weighted by atomic mass is 35.5. The minimum atomic E-state index is -0.564. The summed E-state index contributed by atoms with van der Waals surface area (Å²) in [5.74, 6) is -1.09. The zero-order chi connectivity index (χ0) is 14.7. The number of nitrogens with one attached hydrogen (secondary N) is 1. The number of rotatable bonds is 4. The van der Waals surface area contributed by atoms with E-state index in [1.165, 1.54) is 12.1 Å². The number of hydrogen-bond donors (Lipinski definition) is 1. The molecule has 0 bridgehead atoms. The van der Waals surface area contributed by atoms with Crippen LogP contribution >= 0.6 is 11.6 Å². The number of benzene rings is 2. The molecule has 0 heterocycles. The van der Waals surface area contributed by atoms with Gasteiger partial charge < -0.3 is 5.32 Å². The summed E-state index contributed by atoms with van der Waals surface area (Å²) in [5, 5.41) is 3.80. The normalized spacial score (nSPS) is 12.4. The van der Waals surface area contributed by atoms with Crippen LogP contribution in [0.15, 0.2) is 36.4 Å². The Balaban J connectivity index is 2.31. The van der Waals surface area contributed by atoms with Crippen molar-refractivity contribution in [3.63, 3.8) is 0 Å². The topological polar surface area (TPSA) is 12.0 Å². The summed E-state index contributed by atoms with van der Waals surface area (Å²) in [6.07, 6.45) is 0.434. The summed E-state index contributed by atoms with van der Waals surface area (Å²) in [4.78, 5) is 0. The lowest BCUT2D eigenvalue weighted by molar-refractivity contribution is 0.539. The molecule has 0 aromatic heterocycles. The summed E-state index contributed by atoms with van der Waals surface area (Å²) in [6.45, 7) is 1.98. The van der Waals surface area contributed by atoms with Crippen LogP contribution in [-0.4, -0.2) is 7.05 Å². The molecule has 0 aliphatic heterocycles. The first-order valence-corrected chi connectivity index (χ1v) is 6.76. The third-order valence-electron chi connectivity index (χ3n) is 3.40. The first kappa shape index (κ1) is 14.9. The SMILES string of the molecule is CNC(Cc1ccc(F)cc1F)c1cc(Cl)ccc1C. The van der Waals surface area contributed by atoms with Crippen molar-refractivity contribution in [2.24, 2.45) is 0 Å². The first-order valence-electron chi connectivity index (χ1n) is 6.38. The van der Waals surface area contributed by atoms with Crippen molar-refractivity contribution >= 4 is 11.6 Å². The lowest BCUT2D eigenvalue weighted by atomic mass is 9.95. The van der Waals surface area contributed by atoms with Gasteiger partial charge >= 0.3 is 0 Å². The minimum absolute atomic E-state index is 0.0753. The Labute approximate surface area is 122 Å². The van der Waals surface area contributed by atoms with Crippen molar-refractivity contribution in [2.45, 2.75) is 19.4 Å². The van der Waals surface area contributed by atoms with Crippen LogP contribution in [0, 0.1) is 18.6 Å². The molecule has 0 aliphatic carbocycles. The molecule has 2 aromatic carbocycles. The van der Waals surface area contributed by atoms with E-state index < -0.39 is 11.6 Å². The minimum Gasteiger partial charge on any atom is -0.313 e. The fourth-order valence-corrected chi connectivity index (χ4v) is 2.44. The van der Waals surface area contributed by atoms with Crippen LogP contribution in [-0.2, 0) is 6.42 Å². The molecular formula is C16H16ClF2N. The van der Waals surface area contributed by atoms with Gasteiger partial charge in [-0.2, -0.15) is 0 Å². The summed E-state index contributed by atoms with van der Waals surface area (Å²) >= 11 is 6.02. The average Bonchev–Trinajstić information content (AvgIpc) is 2.41. The Kier molecular flexibility index (Phi) is 4.73. The number of hydrogen-bond acceptors (Lipinski definition) is 1. The molecule has 1 N–H and O–H groups in total. The predicted octanol–water partition coefficient (Wildman–Crippen LogP) is 4.43. The highest BCUT2D eigenvalue weighted by molar-refractivity contribution is 6.30. The number of aryl methyl sites for hydroxylation is 1. The van der Waals surface area contributed by atoms with Crippen molar-refractivity contribution in [3.8, 4) is 0 Å². The fourth-order valence-electron chi connectivity index (χ4n) is 2.26. The van der Waals surface area contributed by atoms with Crippen molar-refractivity contribution in [3.05, 3.63) is 69.7 Å². The maximum absolute atomic E-state index is 13.7. The summed E-state index contributed by atoms with van der Waals surface area (Å²) in [5.41, 5.74) is 2.57. The van der Waals surface area contributed by atoms with Gasteiger partial charge in [-0.25, -0.2) is 8.78 Å². The van der Waals surface area contributed by atoms with E-state index in [1.807, 2.05) is 32.2 Å². The van der Waals surface area contributed by atoms with Gasteiger partial charge in [0.05, 0.1) is 0 Å². The molecule has 2 aromatic rings. The second-order valence-corrected chi connectivity index (χ2v) is 5.22. The van der Waals surface area contributed by atoms with Crippen LogP contribution in [0.25, 0.3) is 0 Å². The van der Waals surface area contributed by atoms with Crippen LogP contribution in [0.4, 0.5) is 8.78 Å². The molecule has 1 atom stereocenters. The summed E-state index contributed by atoms with van der Waals surface area (Å²) < 4.78 is 26.7. The summed E-state index contributed by atoms with van der Waals surface area (Å²) in [6, 6.07) is 9.22. The molecule has 0 aliphatic rings. The van der Waals surface area contributed by atoms with Crippen molar-refractivity contribution in [2.75, 3.05) is 7.05 Å². The van der Waals surface area contributed by atoms with E-state index in [-0.39, 0.29) is 6.04 Å². The van der Waals surface area contributed by atoms with E-state index in [9.17, 15) is 8.78 Å². The van der Waals surface area contributed by atoms with Gasteiger partial charge in [-0.05, 0) is 55.3 Å². The molecule has 1 unspecified atom stereocenters. The van der Waals surface area contributed by atoms with E-state index >= 15 is 0 Å². The second kappa shape index (κ2) is 6.33. The molecule has 0 amide bonds. The standard InChI is InChI=1S/C16H16ClF2N/c1-10-3-5-12(17)8-14(10)16(20-2)7-11-4-6-13(18)9-15(11)19/h3-6,8-9,16,20H,7H2,1-2H3. The monoisotopic (exact) mass is 295 g/mol. The highest BCUT2D eigenvalue weighted by Gasteiger charge is 2.15. The Morgan fingerprint density at radius 1 is 1.15 bits per heavy atom. The highest BCUT2D eigenvalue weighted by Crippen LogP contribution is 2.25. The average molecular weight is 296 g/mol. The maximum atomic E-state index is 13.7. The molecule has 4 heteroatoms. The zero-order valence-electron chi connectivity index (χ0n) is 11.4. The molecule has 0 fully saturated rings. The number of halogens is 3. The van der Waals surface area contributed by atoms with Crippen molar-refractivity contribution in [1.29, 1.82) is 0 Å². The van der Waals surface area contributed by atoms with E-state index in [0.717, 1.165) is 17.2 Å². The van der Waals surface area contributed by atoms with E-state index in [2.05, 4.69) is 5.32 Å². The van der Waals surface area contributed by atoms with Crippen LogP contribution < -0.4 is 5.32 Å². The van der Waals surface area contributed by atoms with Gasteiger partial charge in [0.25, 0.3) is 0 Å². The van der Waals surface area contributed by atoms with Crippen LogP contribution in [0.5, 0.6) is 0 Å². The van der Waals surface area contributed by atoms with Gasteiger partial charge in [-0.15, -0.1) is 0 Å². The van der Waals surface area contributed by atoms with Crippen LogP contribution in [0.2, 0.25) is 5.02 Å². The molecule has 0 spiro atoms. The third-order valence-corrected chi connectivity index (χ3v) is 3.64. The molecule has 0 saturated carbocycles. The van der Waals surface area contributed by atoms with E-state index in [0.29, 0.717) is 17.0 Å². The van der Waals surface area contributed by atoms with Gasteiger partial charge in [0.15, 0.2) is 0 Å². The summed E-state index contributed by atoms with van der Waals surface area (Å²) in [7, 11) is 1.81. The Hall–Kier alpha value is -1.45. The molecule has 106 valence electrons. The predicted molar refractivity (Wildman–Crippen MR) is 78.1 cm³/mol. The second-order valence-electron chi connectivity index (χ2n) is 4.78. The van der Waals surface area contributed by atoms with Gasteiger partial charge in [0.1, 0.15) is 11.6 Å². The third kappa shape index (κ3) is 3.35. The van der Waals surface area contributed by atoms with Crippen molar-refractivity contribution in [1.82, 2.24) is 5.32 Å². The van der Waals surface area contributed by atoms with Crippen molar-refractivity contribution < 1.29 is 8.78 Å². The Morgan fingerprint density at radius 2 is 1.90 bits per heavy atom. The van der Waals surface area contributed by atoms with Gasteiger partial charge in [0, 0.05) is 17.1 Å². The molecule has 0 radical (unpaired) electrons. The molecule has 2 rings (SSSR count). The van der Waals surface area contributed by atoms with E-state index in [1.54, 1.807) is 0 Å². The molecule has 20 heavy (non-hydrogen) atoms. The first-order chi connectivity index (χ1) is 9.51. The quantitative estimate of drug-likeness (QED) is 0.880. The molecule has 0 saturated heterocycles. The fraction of sp³-hybridized carbons (Fsp3) is 0.250. The van der Waals surface area contributed by atoms with Gasteiger partial charge in [-0.3, -0.25) is 0 Å². The smallest absolute Gasteiger partial charge is 0.129 e.